The maximum Gasteiger partial charge on any atom is 0.171 e. The first-order valence-corrected chi connectivity index (χ1v) is 2.53. The van der Waals surface area contributed by atoms with Crippen LogP contribution in [0.5, 0.6) is 0 Å². The lowest BCUT2D eigenvalue weighted by Gasteiger charge is -1.84. The molecule has 0 atom stereocenters. The largest absolute Gasteiger partial charge is 0.600 e. The van der Waals surface area contributed by atoms with Gasteiger partial charge in [0, 0.05) is 0 Å². The van der Waals surface area contributed by atoms with Gasteiger partial charge in [-0.25, -0.2) is 0 Å². The number of rotatable bonds is 1. The molecule has 0 rings (SSSR count). The van der Waals surface area contributed by atoms with Gasteiger partial charge < -0.3 is 5.21 Å². The Hall–Kier alpha value is -0.120. The van der Waals surface area contributed by atoms with Crippen molar-refractivity contribution in [1.82, 2.24) is 0 Å². The Morgan fingerprint density at radius 1 is 2.00 bits per heavy atom. The summed E-state index contributed by atoms with van der Waals surface area (Å²) in [6.07, 6.45) is 0. The summed E-state index contributed by atoms with van der Waals surface area (Å²) in [4.78, 5) is 0.509. The number of nitrogens with zero attached hydrogens (tertiary/aromatic N) is 2. The highest BCUT2D eigenvalue weighted by Crippen LogP contribution is 1.78. The highest BCUT2D eigenvalue weighted by atomic mass is 79.9. The van der Waals surface area contributed by atoms with Crippen LogP contribution in [0.1, 0.15) is 0 Å². The Morgan fingerprint density at radius 3 is 2.50 bits per heavy atom. The van der Waals surface area contributed by atoms with Crippen LogP contribution in [-0.2, 0) is 0 Å². The molecule has 0 saturated heterocycles. The zero-order valence-corrected chi connectivity index (χ0v) is 4.97. The van der Waals surface area contributed by atoms with E-state index in [1.54, 1.807) is 0 Å². The van der Waals surface area contributed by atoms with Crippen molar-refractivity contribution in [2.24, 2.45) is 5.11 Å². The maximum atomic E-state index is 9.76. The lowest BCUT2D eigenvalue weighted by atomic mass is 11.4. The summed E-state index contributed by atoms with van der Waals surface area (Å²) < 4.78 is 0. The van der Waals surface area contributed by atoms with E-state index in [1.807, 2.05) is 0 Å². The molecule has 0 amide bonds. The minimum absolute atomic E-state index is 0.382. The molecule has 0 radical (unpaired) electrons. The molecule has 0 spiro atoms. The Balaban J connectivity index is 3.14. The van der Waals surface area contributed by atoms with E-state index in [0.29, 0.717) is 10.3 Å². The summed E-state index contributed by atoms with van der Waals surface area (Å²) in [5, 5.41) is 13.1. The normalized spacial score (nSPS) is 12.0. The van der Waals surface area contributed by atoms with Crippen molar-refractivity contribution in [3.63, 3.8) is 0 Å². The minimum atomic E-state index is 0.382. The first kappa shape index (κ1) is 5.88. The van der Waals surface area contributed by atoms with Crippen LogP contribution >= 0.6 is 15.9 Å². The molecule has 4 heteroatoms. The number of hydrogen-bond donors (Lipinski definition) is 0. The second kappa shape index (κ2) is 3.08. The summed E-state index contributed by atoms with van der Waals surface area (Å²) in [7, 11) is 1.33. The lowest BCUT2D eigenvalue weighted by molar-refractivity contribution is -0.497. The third-order valence-electron chi connectivity index (χ3n) is 0.253. The van der Waals surface area contributed by atoms with Crippen molar-refractivity contribution in [2.45, 2.75) is 0 Å². The maximum absolute atomic E-state index is 9.76. The van der Waals surface area contributed by atoms with E-state index in [-0.39, 0.29) is 0 Å². The van der Waals surface area contributed by atoms with Crippen LogP contribution in [0.3, 0.4) is 0 Å². The smallest absolute Gasteiger partial charge is 0.171 e. The standard InChI is InChI=1S/C2H5BrN2O/c1-5(6)4-2-3/h2H2,1H3. The third-order valence-corrected chi connectivity index (χ3v) is 0.477. The number of hydroxylamine groups is 1. The molecular formula is C2H5BrN2O. The Morgan fingerprint density at radius 2 is 2.50 bits per heavy atom. The highest BCUT2D eigenvalue weighted by molar-refractivity contribution is 9.09. The van der Waals surface area contributed by atoms with Gasteiger partial charge >= 0.3 is 0 Å². The highest BCUT2D eigenvalue weighted by Gasteiger charge is 1.70. The molecule has 0 aromatic carbocycles. The van der Waals surface area contributed by atoms with E-state index in [0.717, 1.165) is 0 Å². The van der Waals surface area contributed by atoms with Gasteiger partial charge in [-0.15, -0.1) is 0 Å². The van der Waals surface area contributed by atoms with Gasteiger partial charge in [0.2, 0.25) is 0 Å². The van der Waals surface area contributed by atoms with Gasteiger partial charge in [-0.1, -0.05) is 20.8 Å². The zero-order valence-electron chi connectivity index (χ0n) is 3.39. The summed E-state index contributed by atoms with van der Waals surface area (Å²) in [5.74, 6) is 0. The Kier molecular flexibility index (Phi) is 3.02. The predicted molar refractivity (Wildman–Crippen MR) is 25.8 cm³/mol. The van der Waals surface area contributed by atoms with Crippen LogP contribution in [0.15, 0.2) is 5.11 Å². The predicted octanol–water partition coefficient (Wildman–Crippen LogP) is 0.931. The summed E-state index contributed by atoms with van der Waals surface area (Å²) in [5.41, 5.74) is 0.382. The molecular weight excluding hydrogens is 148 g/mol. The molecule has 0 aliphatic rings. The lowest BCUT2D eigenvalue weighted by Crippen LogP contribution is -1.86. The van der Waals surface area contributed by atoms with Gasteiger partial charge in [0.15, 0.2) is 12.5 Å². The second-order valence-electron chi connectivity index (χ2n) is 0.725. The topological polar surface area (TPSA) is 38.4 Å². The SMILES string of the molecule is C[N+]([O-])=NCBr. The molecule has 6 heavy (non-hydrogen) atoms. The van der Waals surface area contributed by atoms with Crippen LogP contribution in [0, 0.1) is 5.21 Å². The van der Waals surface area contributed by atoms with Crippen molar-refractivity contribution < 1.29 is 4.86 Å². The van der Waals surface area contributed by atoms with E-state index in [2.05, 4.69) is 21.0 Å². The Bertz CT molecular complexity index is 58.6. The van der Waals surface area contributed by atoms with E-state index >= 15 is 0 Å². The van der Waals surface area contributed by atoms with Crippen LogP contribution in [0.4, 0.5) is 0 Å². The van der Waals surface area contributed by atoms with E-state index in [4.69, 9.17) is 0 Å². The van der Waals surface area contributed by atoms with Crippen LogP contribution in [-0.4, -0.2) is 17.4 Å². The van der Waals surface area contributed by atoms with Crippen molar-refractivity contribution in [2.75, 3.05) is 12.5 Å². The van der Waals surface area contributed by atoms with Crippen LogP contribution in [0.2, 0.25) is 0 Å². The fourth-order valence-electron chi connectivity index (χ4n) is 0.0753. The third kappa shape index (κ3) is 3.88. The van der Waals surface area contributed by atoms with E-state index < -0.39 is 0 Å². The summed E-state index contributed by atoms with van der Waals surface area (Å²) >= 11 is 2.94. The second-order valence-corrected chi connectivity index (χ2v) is 1.23. The fraction of sp³-hybridized carbons (Fsp3) is 1.00. The molecule has 0 N–H and O–H groups in total. The molecule has 0 aliphatic carbocycles. The van der Waals surface area contributed by atoms with Crippen molar-refractivity contribution in [1.29, 1.82) is 0 Å². The van der Waals surface area contributed by atoms with E-state index in [1.165, 1.54) is 7.05 Å². The molecule has 0 aromatic rings. The average Bonchev–Trinajstić information content (AvgIpc) is 1.35. The number of hydrogen-bond acceptors (Lipinski definition) is 2. The number of alkyl halides is 1. The van der Waals surface area contributed by atoms with Crippen LogP contribution < -0.4 is 0 Å². The first-order valence-electron chi connectivity index (χ1n) is 1.41. The number of halogens is 1. The van der Waals surface area contributed by atoms with Crippen LogP contribution in [0.25, 0.3) is 0 Å². The molecule has 0 aromatic heterocycles. The fourth-order valence-corrected chi connectivity index (χ4v) is 0.391. The van der Waals surface area contributed by atoms with Gasteiger partial charge in [-0.05, 0) is 5.11 Å². The minimum Gasteiger partial charge on any atom is -0.600 e. The quantitative estimate of drug-likeness (QED) is 0.181. The summed E-state index contributed by atoms with van der Waals surface area (Å²) in [6, 6.07) is 0. The van der Waals surface area contributed by atoms with Gasteiger partial charge in [-0.3, -0.25) is 0 Å². The zero-order chi connectivity index (χ0) is 4.99. The summed E-state index contributed by atoms with van der Waals surface area (Å²) in [6.45, 7) is 0. The van der Waals surface area contributed by atoms with E-state index in [9.17, 15) is 5.21 Å². The monoisotopic (exact) mass is 152 g/mol. The molecule has 0 bridgehead atoms. The first-order chi connectivity index (χ1) is 2.77. The van der Waals surface area contributed by atoms with Gasteiger partial charge in [-0.2, -0.15) is 0 Å². The van der Waals surface area contributed by atoms with Gasteiger partial charge in [0.25, 0.3) is 0 Å². The molecule has 0 aliphatic heterocycles. The molecule has 3 nitrogen and oxygen atoms in total. The molecule has 0 heterocycles. The average molecular weight is 153 g/mol. The van der Waals surface area contributed by atoms with Crippen molar-refractivity contribution in [3.05, 3.63) is 5.21 Å². The van der Waals surface area contributed by atoms with Crippen molar-refractivity contribution >= 4 is 15.9 Å². The van der Waals surface area contributed by atoms with Crippen molar-refractivity contribution in [3.8, 4) is 0 Å². The molecule has 0 saturated carbocycles. The van der Waals surface area contributed by atoms with Gasteiger partial charge in [0.05, 0.1) is 0 Å². The number of azo groups is 1. The molecule has 0 fully saturated rings. The molecule has 0 unspecified atom stereocenters. The van der Waals surface area contributed by atoms with Gasteiger partial charge in [0.1, 0.15) is 0 Å². The molecule has 36 valence electrons. The Labute approximate surface area is 44.4 Å².